The number of unbranched alkanes of at least 4 members (excludes halogenated alkanes) is 6. The lowest BCUT2D eigenvalue weighted by atomic mass is 10.1. The predicted octanol–water partition coefficient (Wildman–Crippen LogP) is 5.22. The lowest BCUT2D eigenvalue weighted by molar-refractivity contribution is 0.582. The molecular weight excluding hydrogens is 278 g/mol. The Labute approximate surface area is 132 Å². The SMILES string of the molecule is CCCCCCCCCc1n[nH]c(=S)n1-c1ccccc1. The molecule has 0 amide bonds. The predicted molar refractivity (Wildman–Crippen MR) is 90.4 cm³/mol. The molecule has 0 atom stereocenters. The molecule has 0 fully saturated rings. The molecule has 0 aliphatic heterocycles. The Morgan fingerprint density at radius 3 is 2.38 bits per heavy atom. The van der Waals surface area contributed by atoms with Crippen LogP contribution in [0.15, 0.2) is 30.3 Å². The number of aromatic amines is 1. The zero-order chi connectivity index (χ0) is 14.9. The van der Waals surface area contributed by atoms with Gasteiger partial charge in [-0.15, -0.1) is 0 Å². The second kappa shape index (κ2) is 8.78. The fourth-order valence-corrected chi connectivity index (χ4v) is 2.84. The Kier molecular flexibility index (Phi) is 6.67. The van der Waals surface area contributed by atoms with E-state index in [1.54, 1.807) is 0 Å². The van der Waals surface area contributed by atoms with Gasteiger partial charge in [0.15, 0.2) is 4.77 Å². The Hall–Kier alpha value is -1.42. The molecule has 0 saturated heterocycles. The van der Waals surface area contributed by atoms with Gasteiger partial charge in [-0.05, 0) is 30.8 Å². The number of nitrogens with one attached hydrogen (secondary N) is 1. The molecular formula is C17H25N3S. The van der Waals surface area contributed by atoms with Crippen LogP contribution in [0.25, 0.3) is 5.69 Å². The van der Waals surface area contributed by atoms with Crippen molar-refractivity contribution in [2.45, 2.75) is 58.3 Å². The molecule has 0 bridgehead atoms. The lowest BCUT2D eigenvalue weighted by Crippen LogP contribution is -2.01. The monoisotopic (exact) mass is 303 g/mol. The van der Waals surface area contributed by atoms with E-state index < -0.39 is 0 Å². The number of rotatable bonds is 9. The zero-order valence-electron chi connectivity index (χ0n) is 12.8. The number of benzene rings is 1. The maximum Gasteiger partial charge on any atom is 0.199 e. The largest absolute Gasteiger partial charge is 0.272 e. The maximum atomic E-state index is 5.35. The van der Waals surface area contributed by atoms with Gasteiger partial charge in [-0.1, -0.05) is 63.6 Å². The van der Waals surface area contributed by atoms with Gasteiger partial charge in [-0.25, -0.2) is 0 Å². The molecule has 1 heterocycles. The first-order valence-corrected chi connectivity index (χ1v) is 8.45. The summed E-state index contributed by atoms with van der Waals surface area (Å²) in [5.41, 5.74) is 1.09. The van der Waals surface area contributed by atoms with E-state index in [-0.39, 0.29) is 0 Å². The number of H-pyrrole nitrogens is 1. The van der Waals surface area contributed by atoms with E-state index in [9.17, 15) is 0 Å². The fourth-order valence-electron chi connectivity index (χ4n) is 2.58. The summed E-state index contributed by atoms with van der Waals surface area (Å²) in [5, 5.41) is 7.31. The van der Waals surface area contributed by atoms with Crippen LogP contribution in [0.1, 0.15) is 57.7 Å². The van der Waals surface area contributed by atoms with E-state index in [0.29, 0.717) is 4.77 Å². The molecule has 1 aromatic carbocycles. The standard InChI is InChI=1S/C17H25N3S/c1-2-3-4-5-6-7-11-14-16-18-19-17(21)20(16)15-12-9-8-10-13-15/h8-10,12-13H,2-7,11,14H2,1H3,(H,19,21). The molecule has 0 unspecified atom stereocenters. The molecule has 0 saturated carbocycles. The van der Waals surface area contributed by atoms with Crippen molar-refractivity contribution >= 4 is 12.2 Å². The summed E-state index contributed by atoms with van der Waals surface area (Å²) in [6.07, 6.45) is 10.2. The summed E-state index contributed by atoms with van der Waals surface area (Å²) in [7, 11) is 0. The summed E-state index contributed by atoms with van der Waals surface area (Å²) in [6.45, 7) is 2.26. The molecule has 3 nitrogen and oxygen atoms in total. The lowest BCUT2D eigenvalue weighted by Gasteiger charge is -2.06. The molecule has 0 radical (unpaired) electrons. The van der Waals surface area contributed by atoms with Crippen molar-refractivity contribution in [3.05, 3.63) is 40.9 Å². The van der Waals surface area contributed by atoms with Crippen LogP contribution < -0.4 is 0 Å². The quantitative estimate of drug-likeness (QED) is 0.509. The molecule has 1 N–H and O–H groups in total. The Morgan fingerprint density at radius 2 is 1.67 bits per heavy atom. The minimum absolute atomic E-state index is 0.680. The average molecular weight is 303 g/mol. The number of aryl methyl sites for hydroxylation is 1. The highest BCUT2D eigenvalue weighted by Crippen LogP contribution is 2.14. The van der Waals surface area contributed by atoms with Crippen LogP contribution in [0.2, 0.25) is 0 Å². The summed E-state index contributed by atoms with van der Waals surface area (Å²) in [5.74, 6) is 1.04. The molecule has 0 aliphatic rings. The van der Waals surface area contributed by atoms with Gasteiger partial charge >= 0.3 is 0 Å². The van der Waals surface area contributed by atoms with Crippen LogP contribution in [-0.4, -0.2) is 14.8 Å². The Bertz CT molecular complexity index is 571. The van der Waals surface area contributed by atoms with E-state index >= 15 is 0 Å². The van der Waals surface area contributed by atoms with Crippen molar-refractivity contribution in [1.82, 2.24) is 14.8 Å². The van der Waals surface area contributed by atoms with E-state index in [0.717, 1.165) is 17.9 Å². The number of nitrogens with zero attached hydrogens (tertiary/aromatic N) is 2. The topological polar surface area (TPSA) is 33.6 Å². The molecule has 114 valence electrons. The third-order valence-corrected chi connectivity index (χ3v) is 4.03. The first-order chi connectivity index (χ1) is 10.3. The zero-order valence-corrected chi connectivity index (χ0v) is 13.7. The molecule has 4 heteroatoms. The molecule has 2 rings (SSSR count). The van der Waals surface area contributed by atoms with Gasteiger partial charge in [-0.3, -0.25) is 9.67 Å². The van der Waals surface area contributed by atoms with Crippen LogP contribution in [0.4, 0.5) is 0 Å². The van der Waals surface area contributed by atoms with Crippen LogP contribution in [-0.2, 0) is 6.42 Å². The van der Waals surface area contributed by atoms with Gasteiger partial charge in [0.1, 0.15) is 5.82 Å². The van der Waals surface area contributed by atoms with E-state index in [2.05, 4.69) is 29.3 Å². The molecule has 1 aromatic heterocycles. The van der Waals surface area contributed by atoms with Gasteiger partial charge < -0.3 is 0 Å². The van der Waals surface area contributed by atoms with Crippen LogP contribution in [0.5, 0.6) is 0 Å². The smallest absolute Gasteiger partial charge is 0.199 e. The highest BCUT2D eigenvalue weighted by Gasteiger charge is 2.07. The third kappa shape index (κ3) is 4.81. The Balaban J connectivity index is 1.86. The van der Waals surface area contributed by atoms with Crippen molar-refractivity contribution in [2.75, 3.05) is 0 Å². The molecule has 0 spiro atoms. The van der Waals surface area contributed by atoms with Gasteiger partial charge in [0.2, 0.25) is 0 Å². The van der Waals surface area contributed by atoms with Crippen molar-refractivity contribution < 1.29 is 0 Å². The minimum Gasteiger partial charge on any atom is -0.272 e. The van der Waals surface area contributed by atoms with E-state index in [4.69, 9.17) is 12.2 Å². The van der Waals surface area contributed by atoms with Crippen molar-refractivity contribution in [3.63, 3.8) is 0 Å². The van der Waals surface area contributed by atoms with E-state index in [1.165, 1.54) is 44.9 Å². The minimum atomic E-state index is 0.680. The summed E-state index contributed by atoms with van der Waals surface area (Å²) in [4.78, 5) is 0. The second-order valence-electron chi connectivity index (χ2n) is 5.49. The van der Waals surface area contributed by atoms with Crippen molar-refractivity contribution in [3.8, 4) is 5.69 Å². The highest BCUT2D eigenvalue weighted by molar-refractivity contribution is 7.71. The number of hydrogen-bond acceptors (Lipinski definition) is 2. The van der Waals surface area contributed by atoms with Gasteiger partial charge in [0, 0.05) is 12.1 Å². The van der Waals surface area contributed by atoms with Crippen LogP contribution in [0, 0.1) is 4.77 Å². The molecule has 21 heavy (non-hydrogen) atoms. The molecule has 2 aromatic rings. The number of para-hydroxylation sites is 1. The van der Waals surface area contributed by atoms with E-state index in [1.807, 2.05) is 22.8 Å². The normalized spacial score (nSPS) is 10.9. The third-order valence-electron chi connectivity index (χ3n) is 3.76. The summed E-state index contributed by atoms with van der Waals surface area (Å²) in [6, 6.07) is 10.2. The number of hydrogen-bond donors (Lipinski definition) is 1. The maximum absolute atomic E-state index is 5.35. The van der Waals surface area contributed by atoms with Gasteiger partial charge in [-0.2, -0.15) is 5.10 Å². The highest BCUT2D eigenvalue weighted by atomic mass is 32.1. The van der Waals surface area contributed by atoms with Crippen LogP contribution >= 0.6 is 12.2 Å². The Morgan fingerprint density at radius 1 is 1.00 bits per heavy atom. The molecule has 0 aliphatic carbocycles. The summed E-state index contributed by atoms with van der Waals surface area (Å²) < 4.78 is 2.73. The second-order valence-corrected chi connectivity index (χ2v) is 5.87. The first kappa shape index (κ1) is 16.0. The average Bonchev–Trinajstić information content (AvgIpc) is 2.88. The van der Waals surface area contributed by atoms with Gasteiger partial charge in [0.25, 0.3) is 0 Å². The fraction of sp³-hybridized carbons (Fsp3) is 0.529. The number of aromatic nitrogens is 3. The first-order valence-electron chi connectivity index (χ1n) is 8.04. The summed E-state index contributed by atoms with van der Waals surface area (Å²) >= 11 is 5.35. The van der Waals surface area contributed by atoms with Crippen LogP contribution in [0.3, 0.4) is 0 Å². The van der Waals surface area contributed by atoms with Crippen molar-refractivity contribution in [2.24, 2.45) is 0 Å². The van der Waals surface area contributed by atoms with Crippen molar-refractivity contribution in [1.29, 1.82) is 0 Å². The van der Waals surface area contributed by atoms with Gasteiger partial charge in [0.05, 0.1) is 0 Å².